The third-order valence-electron chi connectivity index (χ3n) is 5.24. The van der Waals surface area contributed by atoms with Gasteiger partial charge in [0.15, 0.2) is 0 Å². The van der Waals surface area contributed by atoms with Gasteiger partial charge in [-0.05, 0) is 40.2 Å². The highest BCUT2D eigenvalue weighted by atomic mass is 16.6. The summed E-state index contributed by atoms with van der Waals surface area (Å²) < 4.78 is 11.6. The van der Waals surface area contributed by atoms with Gasteiger partial charge in [0.1, 0.15) is 11.3 Å². The maximum absolute atomic E-state index is 12.9. The molecule has 6 nitrogen and oxygen atoms in total. The highest BCUT2D eigenvalue weighted by Gasteiger charge is 2.57. The predicted octanol–water partition coefficient (Wildman–Crippen LogP) is 3.41. The van der Waals surface area contributed by atoms with Gasteiger partial charge in [0, 0.05) is 6.54 Å². The Labute approximate surface area is 161 Å². The van der Waals surface area contributed by atoms with E-state index in [4.69, 9.17) is 9.47 Å². The summed E-state index contributed by atoms with van der Waals surface area (Å²) in [6.45, 7) is 12.1. The van der Waals surface area contributed by atoms with Crippen LogP contribution in [0.15, 0.2) is 30.3 Å². The number of amides is 2. The van der Waals surface area contributed by atoms with E-state index in [-0.39, 0.29) is 23.9 Å². The number of rotatable bonds is 3. The Morgan fingerprint density at radius 1 is 1.26 bits per heavy atom. The molecule has 2 aliphatic heterocycles. The van der Waals surface area contributed by atoms with Gasteiger partial charge in [-0.15, -0.1) is 0 Å². The van der Waals surface area contributed by atoms with Crippen molar-refractivity contribution in [2.45, 2.75) is 71.5 Å². The van der Waals surface area contributed by atoms with Crippen molar-refractivity contribution in [1.82, 2.24) is 9.80 Å². The monoisotopic (exact) mass is 374 g/mol. The van der Waals surface area contributed by atoms with Gasteiger partial charge in [-0.1, -0.05) is 37.3 Å². The van der Waals surface area contributed by atoms with E-state index in [1.165, 1.54) is 0 Å². The third kappa shape index (κ3) is 3.81. The van der Waals surface area contributed by atoms with Crippen molar-refractivity contribution in [3.8, 4) is 0 Å². The maximum atomic E-state index is 12.9. The lowest BCUT2D eigenvalue weighted by atomic mass is 9.82. The molecule has 6 heteroatoms. The molecule has 0 aliphatic carbocycles. The van der Waals surface area contributed by atoms with Crippen LogP contribution in [0, 0.1) is 5.92 Å². The first-order valence-corrected chi connectivity index (χ1v) is 9.52. The average molecular weight is 374 g/mol. The number of carbonyl (C=O) groups excluding carboxylic acids is 2. The molecule has 2 amide bonds. The molecule has 0 unspecified atom stereocenters. The fraction of sp³-hybridized carbons (Fsp3) is 0.619. The Bertz CT molecular complexity index is 711. The summed E-state index contributed by atoms with van der Waals surface area (Å²) in [5, 5.41) is 0. The molecule has 0 N–H and O–H groups in total. The van der Waals surface area contributed by atoms with Crippen LogP contribution in [0.4, 0.5) is 4.79 Å². The van der Waals surface area contributed by atoms with Gasteiger partial charge in [-0.2, -0.15) is 0 Å². The van der Waals surface area contributed by atoms with E-state index in [1.54, 1.807) is 4.90 Å². The molecule has 148 valence electrons. The van der Waals surface area contributed by atoms with Gasteiger partial charge in [0.05, 0.1) is 24.6 Å². The molecule has 0 saturated carbocycles. The summed E-state index contributed by atoms with van der Waals surface area (Å²) in [6.07, 6.45) is -0.402. The number of hydrogen-bond acceptors (Lipinski definition) is 4. The van der Waals surface area contributed by atoms with Crippen molar-refractivity contribution in [2.24, 2.45) is 5.92 Å². The molecule has 0 bridgehead atoms. The fourth-order valence-corrected chi connectivity index (χ4v) is 4.00. The minimum Gasteiger partial charge on any atom is -0.444 e. The van der Waals surface area contributed by atoms with E-state index in [0.717, 1.165) is 5.56 Å². The molecule has 3 atom stereocenters. The zero-order valence-electron chi connectivity index (χ0n) is 17.1. The molecule has 3 rings (SSSR count). The van der Waals surface area contributed by atoms with Crippen LogP contribution in [0.25, 0.3) is 0 Å². The summed E-state index contributed by atoms with van der Waals surface area (Å²) in [6, 6.07) is 9.58. The maximum Gasteiger partial charge on any atom is 0.412 e. The first kappa shape index (κ1) is 19.7. The van der Waals surface area contributed by atoms with Crippen LogP contribution >= 0.6 is 0 Å². The Hall–Kier alpha value is -2.08. The zero-order chi connectivity index (χ0) is 20.0. The molecule has 0 spiro atoms. The lowest BCUT2D eigenvalue weighted by molar-refractivity contribution is -0.161. The van der Waals surface area contributed by atoms with Crippen LogP contribution in [-0.4, -0.2) is 51.8 Å². The van der Waals surface area contributed by atoms with Crippen LogP contribution in [0.2, 0.25) is 0 Å². The Morgan fingerprint density at radius 2 is 1.89 bits per heavy atom. The van der Waals surface area contributed by atoms with Gasteiger partial charge in [-0.25, -0.2) is 4.79 Å². The lowest BCUT2D eigenvalue weighted by Crippen LogP contribution is -2.68. The molecular formula is C21H30N2O4. The predicted molar refractivity (Wildman–Crippen MR) is 102 cm³/mol. The first-order chi connectivity index (χ1) is 12.5. The molecule has 1 aromatic rings. The quantitative estimate of drug-likeness (QED) is 0.761. The van der Waals surface area contributed by atoms with Crippen molar-refractivity contribution in [2.75, 3.05) is 6.61 Å². The highest BCUT2D eigenvalue weighted by Crippen LogP contribution is 2.39. The van der Waals surface area contributed by atoms with Crippen molar-refractivity contribution in [3.63, 3.8) is 0 Å². The zero-order valence-corrected chi connectivity index (χ0v) is 17.1. The Balaban J connectivity index is 1.83. The van der Waals surface area contributed by atoms with Crippen LogP contribution < -0.4 is 0 Å². The second-order valence-corrected chi connectivity index (χ2v) is 8.91. The lowest BCUT2D eigenvalue weighted by Gasteiger charge is -2.51. The van der Waals surface area contributed by atoms with Gasteiger partial charge < -0.3 is 14.4 Å². The van der Waals surface area contributed by atoms with Gasteiger partial charge in [0.2, 0.25) is 5.91 Å². The molecule has 2 saturated heterocycles. The number of ether oxygens (including phenoxy) is 2. The van der Waals surface area contributed by atoms with E-state index in [0.29, 0.717) is 13.2 Å². The second-order valence-electron chi connectivity index (χ2n) is 8.91. The Morgan fingerprint density at radius 3 is 2.48 bits per heavy atom. The topological polar surface area (TPSA) is 59.1 Å². The van der Waals surface area contributed by atoms with Gasteiger partial charge in [0.25, 0.3) is 0 Å². The minimum atomic E-state index is -0.774. The molecule has 2 fully saturated rings. The van der Waals surface area contributed by atoms with Crippen LogP contribution in [0.5, 0.6) is 0 Å². The number of carbonyl (C=O) groups is 2. The molecular weight excluding hydrogens is 344 g/mol. The molecule has 0 radical (unpaired) electrons. The number of likely N-dealkylation sites (tertiary alicyclic amines) is 1. The highest BCUT2D eigenvalue weighted by molar-refractivity contribution is 5.86. The minimum absolute atomic E-state index is 0.0907. The van der Waals surface area contributed by atoms with Crippen LogP contribution in [0.1, 0.15) is 47.1 Å². The normalized spacial score (nSPS) is 27.5. The van der Waals surface area contributed by atoms with Gasteiger partial charge in [-0.3, -0.25) is 9.69 Å². The fourth-order valence-electron chi connectivity index (χ4n) is 4.00. The number of benzene rings is 1. The smallest absolute Gasteiger partial charge is 0.412 e. The van der Waals surface area contributed by atoms with Crippen molar-refractivity contribution in [1.29, 1.82) is 0 Å². The molecule has 2 aliphatic rings. The standard InChI is InChI=1S/C21H30N2O4/c1-14-17(22(18(14)24)12-15-10-8-7-9-11-15)16-13-26-21(5,6)23(16)19(25)27-20(2,3)4/h7-11,14,16-17H,12-13H2,1-6H3/t14-,16+,17+/m1/s1. The summed E-state index contributed by atoms with van der Waals surface area (Å²) in [5.74, 6) is -0.0427. The first-order valence-electron chi connectivity index (χ1n) is 9.52. The van der Waals surface area contributed by atoms with E-state index in [9.17, 15) is 9.59 Å². The molecule has 0 aromatic heterocycles. The van der Waals surface area contributed by atoms with Crippen LogP contribution in [-0.2, 0) is 20.8 Å². The van der Waals surface area contributed by atoms with Crippen molar-refractivity contribution in [3.05, 3.63) is 35.9 Å². The average Bonchev–Trinajstić information content (AvgIpc) is 2.88. The molecule has 2 heterocycles. The van der Waals surface area contributed by atoms with E-state index >= 15 is 0 Å². The van der Waals surface area contributed by atoms with E-state index in [2.05, 4.69) is 0 Å². The molecule has 1 aromatic carbocycles. The summed E-state index contributed by atoms with van der Waals surface area (Å²) >= 11 is 0. The number of hydrogen-bond donors (Lipinski definition) is 0. The SMILES string of the molecule is C[C@H]1C(=O)N(Cc2ccccc2)[C@@H]1[C@@H]1COC(C)(C)N1C(=O)OC(C)(C)C. The van der Waals surface area contributed by atoms with Crippen LogP contribution in [0.3, 0.4) is 0 Å². The van der Waals surface area contributed by atoms with Gasteiger partial charge >= 0.3 is 6.09 Å². The summed E-state index contributed by atoms with van der Waals surface area (Å²) in [5.41, 5.74) is -0.292. The summed E-state index contributed by atoms with van der Waals surface area (Å²) in [7, 11) is 0. The third-order valence-corrected chi connectivity index (χ3v) is 5.24. The number of nitrogens with zero attached hydrogens (tertiary/aromatic N) is 2. The number of β-lactam (4-membered cyclic amide) rings is 1. The van der Waals surface area contributed by atoms with Crippen molar-refractivity contribution >= 4 is 12.0 Å². The summed E-state index contributed by atoms with van der Waals surface area (Å²) in [4.78, 5) is 29.0. The largest absolute Gasteiger partial charge is 0.444 e. The second kappa shape index (κ2) is 6.82. The van der Waals surface area contributed by atoms with Crippen molar-refractivity contribution < 1.29 is 19.1 Å². The Kier molecular flexibility index (Phi) is 4.97. The molecule has 27 heavy (non-hydrogen) atoms. The van der Waals surface area contributed by atoms with E-state index in [1.807, 2.05) is 76.8 Å². The van der Waals surface area contributed by atoms with E-state index < -0.39 is 17.4 Å².